The molecular formula is C26H30FN3O. The fourth-order valence-corrected chi connectivity index (χ4v) is 4.55. The lowest BCUT2D eigenvalue weighted by Gasteiger charge is -2.47. The Morgan fingerprint density at radius 3 is 2.61 bits per heavy atom. The number of amides is 1. The van der Waals surface area contributed by atoms with Gasteiger partial charge in [0.1, 0.15) is 17.5 Å². The molecule has 4 nitrogen and oxygen atoms in total. The molecule has 31 heavy (non-hydrogen) atoms. The van der Waals surface area contributed by atoms with Gasteiger partial charge in [-0.1, -0.05) is 13.0 Å². The lowest BCUT2D eigenvalue weighted by atomic mass is 9.79. The predicted octanol–water partition coefficient (Wildman–Crippen LogP) is 6.10. The van der Waals surface area contributed by atoms with Gasteiger partial charge in [0.25, 0.3) is 5.91 Å². The van der Waals surface area contributed by atoms with Crippen molar-refractivity contribution >= 4 is 23.4 Å². The van der Waals surface area contributed by atoms with E-state index < -0.39 is 11.7 Å². The van der Waals surface area contributed by atoms with Gasteiger partial charge in [0.2, 0.25) is 0 Å². The number of aryl methyl sites for hydroxylation is 2. The second kappa shape index (κ2) is 8.55. The molecule has 0 radical (unpaired) electrons. The standard InChI is InChI=1S/C26H30FN3O/c1-7-30-24-13-23(27)19(12-22(24)18(4)14-26(30,5)6)11-20(15-28)25(31)29-21-9-8-16(2)17(3)10-21/h8-13,18H,7,14H2,1-6H3,(H,29,31)/b20-11+. The van der Waals surface area contributed by atoms with Crippen LogP contribution < -0.4 is 10.2 Å². The first kappa shape index (κ1) is 22.6. The summed E-state index contributed by atoms with van der Waals surface area (Å²) < 4.78 is 15.0. The Kier molecular flexibility index (Phi) is 6.22. The van der Waals surface area contributed by atoms with E-state index in [-0.39, 0.29) is 22.6 Å². The van der Waals surface area contributed by atoms with Crippen molar-refractivity contribution in [1.29, 1.82) is 5.26 Å². The molecule has 2 aromatic rings. The van der Waals surface area contributed by atoms with E-state index in [1.807, 2.05) is 32.0 Å². The van der Waals surface area contributed by atoms with Crippen molar-refractivity contribution in [3.8, 4) is 6.07 Å². The summed E-state index contributed by atoms with van der Waals surface area (Å²) in [4.78, 5) is 14.9. The number of rotatable bonds is 4. The molecule has 0 fully saturated rings. The molecule has 0 bridgehead atoms. The Balaban J connectivity index is 1.96. The summed E-state index contributed by atoms with van der Waals surface area (Å²) in [5, 5.41) is 12.3. The van der Waals surface area contributed by atoms with E-state index in [0.717, 1.165) is 35.3 Å². The van der Waals surface area contributed by atoms with Crippen LogP contribution in [0.2, 0.25) is 0 Å². The number of anilines is 2. The van der Waals surface area contributed by atoms with Crippen molar-refractivity contribution in [2.75, 3.05) is 16.8 Å². The summed E-state index contributed by atoms with van der Waals surface area (Å²) >= 11 is 0. The number of hydrogen-bond acceptors (Lipinski definition) is 3. The summed E-state index contributed by atoms with van der Waals surface area (Å²) in [7, 11) is 0. The van der Waals surface area contributed by atoms with Gasteiger partial charge in [0.05, 0.1) is 0 Å². The number of benzene rings is 2. The number of carbonyl (C=O) groups is 1. The van der Waals surface area contributed by atoms with Crippen molar-refractivity contribution in [2.24, 2.45) is 0 Å². The summed E-state index contributed by atoms with van der Waals surface area (Å²) in [5.41, 5.74) is 4.76. The molecule has 1 N–H and O–H groups in total. The second-order valence-electron chi connectivity index (χ2n) is 9.02. The molecule has 0 saturated heterocycles. The number of fused-ring (bicyclic) bond motifs is 1. The van der Waals surface area contributed by atoms with Gasteiger partial charge in [-0.15, -0.1) is 0 Å². The van der Waals surface area contributed by atoms with Crippen LogP contribution in [0, 0.1) is 31.0 Å². The summed E-state index contributed by atoms with van der Waals surface area (Å²) in [6.45, 7) is 13.3. The highest BCUT2D eigenvalue weighted by Crippen LogP contribution is 2.44. The number of halogens is 1. The van der Waals surface area contributed by atoms with Crippen LogP contribution in [0.25, 0.3) is 6.08 Å². The highest BCUT2D eigenvalue weighted by molar-refractivity contribution is 6.09. The smallest absolute Gasteiger partial charge is 0.266 e. The monoisotopic (exact) mass is 419 g/mol. The van der Waals surface area contributed by atoms with Crippen molar-refractivity contribution < 1.29 is 9.18 Å². The van der Waals surface area contributed by atoms with E-state index in [1.54, 1.807) is 12.1 Å². The summed E-state index contributed by atoms with van der Waals surface area (Å²) in [6, 6.07) is 10.8. The molecule has 0 saturated carbocycles. The predicted molar refractivity (Wildman–Crippen MR) is 125 cm³/mol. The van der Waals surface area contributed by atoms with Gasteiger partial charge >= 0.3 is 0 Å². The third-order valence-electron chi connectivity index (χ3n) is 6.25. The Bertz CT molecular complexity index is 1090. The number of hydrogen-bond donors (Lipinski definition) is 1. The number of nitrogens with one attached hydrogen (secondary N) is 1. The van der Waals surface area contributed by atoms with Gasteiger partial charge in [-0.05, 0) is 94.0 Å². The van der Waals surface area contributed by atoms with E-state index >= 15 is 4.39 Å². The largest absolute Gasteiger partial charge is 0.366 e. The van der Waals surface area contributed by atoms with E-state index in [0.29, 0.717) is 5.69 Å². The molecule has 1 amide bonds. The molecule has 3 rings (SSSR count). The molecule has 162 valence electrons. The van der Waals surface area contributed by atoms with Crippen molar-refractivity contribution in [3.63, 3.8) is 0 Å². The average molecular weight is 420 g/mol. The Morgan fingerprint density at radius 1 is 1.29 bits per heavy atom. The van der Waals surface area contributed by atoms with Crippen LogP contribution in [0.15, 0.2) is 35.9 Å². The van der Waals surface area contributed by atoms with Crippen LogP contribution in [-0.4, -0.2) is 18.0 Å². The minimum absolute atomic E-state index is 0.0607. The third-order valence-corrected chi connectivity index (χ3v) is 6.25. The quantitative estimate of drug-likeness (QED) is 0.481. The maximum Gasteiger partial charge on any atom is 0.266 e. The van der Waals surface area contributed by atoms with Gasteiger partial charge < -0.3 is 10.2 Å². The molecule has 1 atom stereocenters. The normalized spacial score (nSPS) is 17.7. The van der Waals surface area contributed by atoms with Crippen LogP contribution in [0.1, 0.15) is 62.3 Å². The zero-order chi connectivity index (χ0) is 22.9. The topological polar surface area (TPSA) is 56.1 Å². The van der Waals surface area contributed by atoms with E-state index in [1.165, 1.54) is 12.1 Å². The van der Waals surface area contributed by atoms with Crippen molar-refractivity contribution in [3.05, 3.63) is 64.0 Å². The summed E-state index contributed by atoms with van der Waals surface area (Å²) in [5.74, 6) is -0.739. The Morgan fingerprint density at radius 2 is 2.00 bits per heavy atom. The third kappa shape index (κ3) is 4.49. The Labute approximate surface area is 184 Å². The van der Waals surface area contributed by atoms with Gasteiger partial charge in [-0.3, -0.25) is 4.79 Å². The maximum atomic E-state index is 15.0. The van der Waals surface area contributed by atoms with Gasteiger partial charge in [0.15, 0.2) is 0 Å². The number of nitrogens with zero attached hydrogens (tertiary/aromatic N) is 2. The van der Waals surface area contributed by atoms with Crippen LogP contribution in [0.4, 0.5) is 15.8 Å². The Hall–Kier alpha value is -3.13. The first-order valence-corrected chi connectivity index (χ1v) is 10.7. The number of nitriles is 1. The maximum absolute atomic E-state index is 15.0. The van der Waals surface area contributed by atoms with Crippen LogP contribution >= 0.6 is 0 Å². The minimum Gasteiger partial charge on any atom is -0.366 e. The molecule has 0 spiro atoms. The first-order valence-electron chi connectivity index (χ1n) is 10.7. The van der Waals surface area contributed by atoms with E-state index in [4.69, 9.17) is 0 Å². The number of carbonyl (C=O) groups excluding carboxylic acids is 1. The first-order chi connectivity index (χ1) is 14.6. The fraction of sp³-hybridized carbons (Fsp3) is 0.385. The van der Waals surface area contributed by atoms with Crippen molar-refractivity contribution in [2.45, 2.75) is 59.4 Å². The van der Waals surface area contributed by atoms with Crippen LogP contribution in [0.3, 0.4) is 0 Å². The summed E-state index contributed by atoms with van der Waals surface area (Å²) in [6.07, 6.45) is 2.29. The minimum atomic E-state index is -0.549. The zero-order valence-electron chi connectivity index (χ0n) is 19.1. The van der Waals surface area contributed by atoms with Gasteiger partial charge in [0, 0.05) is 29.0 Å². The van der Waals surface area contributed by atoms with Crippen LogP contribution in [-0.2, 0) is 4.79 Å². The molecule has 0 aliphatic carbocycles. The van der Waals surface area contributed by atoms with E-state index in [9.17, 15) is 10.1 Å². The SMILES string of the molecule is CCN1c2cc(F)c(/C=C(\C#N)C(=O)Nc3ccc(C)c(C)c3)cc2C(C)CC1(C)C. The van der Waals surface area contributed by atoms with Crippen LogP contribution in [0.5, 0.6) is 0 Å². The van der Waals surface area contributed by atoms with Crippen molar-refractivity contribution in [1.82, 2.24) is 0 Å². The molecule has 0 aromatic heterocycles. The fourth-order valence-electron chi connectivity index (χ4n) is 4.55. The highest BCUT2D eigenvalue weighted by Gasteiger charge is 2.36. The highest BCUT2D eigenvalue weighted by atomic mass is 19.1. The molecule has 1 aliphatic heterocycles. The van der Waals surface area contributed by atoms with Gasteiger partial charge in [-0.2, -0.15) is 5.26 Å². The molecular weight excluding hydrogens is 389 g/mol. The average Bonchev–Trinajstić information content (AvgIpc) is 2.69. The lowest BCUT2D eigenvalue weighted by Crippen LogP contribution is -2.48. The molecule has 2 aromatic carbocycles. The molecule has 1 aliphatic rings. The lowest BCUT2D eigenvalue weighted by molar-refractivity contribution is -0.112. The molecule has 5 heteroatoms. The zero-order valence-corrected chi connectivity index (χ0v) is 19.1. The van der Waals surface area contributed by atoms with Gasteiger partial charge in [-0.25, -0.2) is 4.39 Å². The van der Waals surface area contributed by atoms with E-state index in [2.05, 4.69) is 37.9 Å². The molecule has 1 heterocycles. The second-order valence-corrected chi connectivity index (χ2v) is 9.02. The molecule has 1 unspecified atom stereocenters.